The van der Waals surface area contributed by atoms with Gasteiger partial charge in [0.05, 0.1) is 17.4 Å². The molecule has 2 aromatic rings. The Labute approximate surface area is 103 Å². The van der Waals surface area contributed by atoms with E-state index < -0.39 is 0 Å². The topological polar surface area (TPSA) is 37.8 Å². The SMILES string of the molecule is Clc1cnc(NCc2cccc(Cl)c2)nc1. The van der Waals surface area contributed by atoms with Crippen molar-refractivity contribution in [2.24, 2.45) is 0 Å². The summed E-state index contributed by atoms with van der Waals surface area (Å²) in [5.74, 6) is 0.546. The first-order valence-electron chi connectivity index (χ1n) is 4.70. The zero-order chi connectivity index (χ0) is 11.4. The number of anilines is 1. The molecule has 0 spiro atoms. The summed E-state index contributed by atoms with van der Waals surface area (Å²) in [6.07, 6.45) is 3.10. The average Bonchev–Trinajstić information content (AvgIpc) is 2.28. The van der Waals surface area contributed by atoms with Crippen LogP contribution in [0.3, 0.4) is 0 Å². The first-order valence-corrected chi connectivity index (χ1v) is 5.45. The molecule has 0 saturated carbocycles. The van der Waals surface area contributed by atoms with Crippen molar-refractivity contribution in [1.82, 2.24) is 9.97 Å². The summed E-state index contributed by atoms with van der Waals surface area (Å²) in [6.45, 7) is 0.627. The lowest BCUT2D eigenvalue weighted by Crippen LogP contribution is -2.02. The average molecular weight is 254 g/mol. The Morgan fingerprint density at radius 2 is 1.81 bits per heavy atom. The molecule has 0 radical (unpaired) electrons. The fourth-order valence-corrected chi connectivity index (χ4v) is 1.54. The quantitative estimate of drug-likeness (QED) is 0.912. The van der Waals surface area contributed by atoms with Crippen molar-refractivity contribution in [2.75, 3.05) is 5.32 Å². The second kappa shape index (κ2) is 5.14. The molecular weight excluding hydrogens is 245 g/mol. The first kappa shape index (κ1) is 11.2. The van der Waals surface area contributed by atoms with Crippen molar-refractivity contribution in [1.29, 1.82) is 0 Å². The van der Waals surface area contributed by atoms with Crippen LogP contribution in [-0.4, -0.2) is 9.97 Å². The summed E-state index contributed by atoms with van der Waals surface area (Å²) < 4.78 is 0. The van der Waals surface area contributed by atoms with Gasteiger partial charge in [-0.25, -0.2) is 9.97 Å². The highest BCUT2D eigenvalue weighted by molar-refractivity contribution is 6.30. The molecule has 0 amide bonds. The lowest BCUT2D eigenvalue weighted by atomic mass is 10.2. The van der Waals surface area contributed by atoms with Crippen molar-refractivity contribution in [3.63, 3.8) is 0 Å². The third kappa shape index (κ3) is 3.08. The second-order valence-corrected chi connectivity index (χ2v) is 4.08. The highest BCUT2D eigenvalue weighted by Crippen LogP contribution is 2.12. The molecule has 3 nitrogen and oxygen atoms in total. The molecule has 1 N–H and O–H groups in total. The Morgan fingerprint density at radius 3 is 2.50 bits per heavy atom. The lowest BCUT2D eigenvalue weighted by Gasteiger charge is -2.04. The lowest BCUT2D eigenvalue weighted by molar-refractivity contribution is 1.05. The summed E-state index contributed by atoms with van der Waals surface area (Å²) in [4.78, 5) is 8.06. The zero-order valence-electron chi connectivity index (χ0n) is 8.32. The van der Waals surface area contributed by atoms with E-state index in [9.17, 15) is 0 Å². The van der Waals surface area contributed by atoms with Gasteiger partial charge in [-0.15, -0.1) is 0 Å². The van der Waals surface area contributed by atoms with Gasteiger partial charge in [-0.3, -0.25) is 0 Å². The number of hydrogen-bond donors (Lipinski definition) is 1. The number of benzene rings is 1. The molecule has 16 heavy (non-hydrogen) atoms. The minimum atomic E-state index is 0.522. The van der Waals surface area contributed by atoms with E-state index in [0.29, 0.717) is 17.5 Å². The predicted octanol–water partition coefficient (Wildman–Crippen LogP) is 3.40. The predicted molar refractivity (Wildman–Crippen MR) is 65.8 cm³/mol. The van der Waals surface area contributed by atoms with Gasteiger partial charge in [0.15, 0.2) is 0 Å². The molecule has 0 atom stereocenters. The normalized spacial score (nSPS) is 10.1. The Balaban J connectivity index is 1.99. The maximum Gasteiger partial charge on any atom is 0.222 e. The highest BCUT2D eigenvalue weighted by atomic mass is 35.5. The van der Waals surface area contributed by atoms with Gasteiger partial charge in [0.2, 0.25) is 5.95 Å². The standard InChI is InChI=1S/C11H9Cl2N3/c12-9-3-1-2-8(4-9)5-14-11-15-6-10(13)7-16-11/h1-4,6-7H,5H2,(H,14,15,16). The molecular formula is C11H9Cl2N3. The molecule has 5 heteroatoms. The van der Waals surface area contributed by atoms with Crippen LogP contribution < -0.4 is 5.32 Å². The van der Waals surface area contributed by atoms with Crippen LogP contribution in [-0.2, 0) is 6.54 Å². The summed E-state index contributed by atoms with van der Waals surface area (Å²) >= 11 is 11.6. The molecule has 0 aliphatic heterocycles. The maximum atomic E-state index is 5.87. The van der Waals surface area contributed by atoms with Gasteiger partial charge in [0.25, 0.3) is 0 Å². The van der Waals surface area contributed by atoms with Crippen molar-refractivity contribution in [3.05, 3.63) is 52.3 Å². The van der Waals surface area contributed by atoms with E-state index in [4.69, 9.17) is 23.2 Å². The number of rotatable bonds is 3. The summed E-state index contributed by atoms with van der Waals surface area (Å²) in [5.41, 5.74) is 1.08. The molecule has 0 bridgehead atoms. The summed E-state index contributed by atoms with van der Waals surface area (Å²) in [6, 6.07) is 7.62. The molecule has 1 heterocycles. The first-order chi connectivity index (χ1) is 7.74. The maximum absolute atomic E-state index is 5.87. The van der Waals surface area contributed by atoms with Crippen LogP contribution in [0, 0.1) is 0 Å². The zero-order valence-corrected chi connectivity index (χ0v) is 9.83. The Hall–Kier alpha value is -1.32. The molecule has 0 fully saturated rings. The van der Waals surface area contributed by atoms with Gasteiger partial charge >= 0.3 is 0 Å². The summed E-state index contributed by atoms with van der Waals surface area (Å²) in [7, 11) is 0. The van der Waals surface area contributed by atoms with Crippen molar-refractivity contribution in [3.8, 4) is 0 Å². The molecule has 1 aromatic carbocycles. The van der Waals surface area contributed by atoms with Crippen LogP contribution in [0.1, 0.15) is 5.56 Å². The van der Waals surface area contributed by atoms with E-state index in [-0.39, 0.29) is 0 Å². The van der Waals surface area contributed by atoms with Crippen molar-refractivity contribution < 1.29 is 0 Å². The molecule has 0 unspecified atom stereocenters. The smallest absolute Gasteiger partial charge is 0.222 e. The van der Waals surface area contributed by atoms with Crippen LogP contribution in [0.5, 0.6) is 0 Å². The number of halogens is 2. The largest absolute Gasteiger partial charge is 0.350 e. The molecule has 0 saturated heterocycles. The fourth-order valence-electron chi connectivity index (χ4n) is 1.23. The van der Waals surface area contributed by atoms with E-state index in [1.165, 1.54) is 0 Å². The van der Waals surface area contributed by atoms with Crippen LogP contribution >= 0.6 is 23.2 Å². The summed E-state index contributed by atoms with van der Waals surface area (Å²) in [5, 5.41) is 4.32. The van der Waals surface area contributed by atoms with Crippen LogP contribution in [0.15, 0.2) is 36.7 Å². The Kier molecular flexibility index (Phi) is 3.59. The van der Waals surface area contributed by atoms with E-state index in [0.717, 1.165) is 10.6 Å². The molecule has 2 rings (SSSR count). The van der Waals surface area contributed by atoms with Gasteiger partial charge in [0, 0.05) is 11.6 Å². The minimum Gasteiger partial charge on any atom is -0.350 e. The van der Waals surface area contributed by atoms with Gasteiger partial charge in [-0.2, -0.15) is 0 Å². The Morgan fingerprint density at radius 1 is 1.06 bits per heavy atom. The van der Waals surface area contributed by atoms with Gasteiger partial charge in [-0.1, -0.05) is 35.3 Å². The fraction of sp³-hybridized carbons (Fsp3) is 0.0909. The van der Waals surface area contributed by atoms with E-state index in [2.05, 4.69) is 15.3 Å². The second-order valence-electron chi connectivity index (χ2n) is 3.21. The van der Waals surface area contributed by atoms with Crippen LogP contribution in [0.2, 0.25) is 10.0 Å². The van der Waals surface area contributed by atoms with Crippen LogP contribution in [0.25, 0.3) is 0 Å². The third-order valence-corrected chi connectivity index (χ3v) is 2.39. The van der Waals surface area contributed by atoms with Gasteiger partial charge < -0.3 is 5.32 Å². The molecule has 1 aromatic heterocycles. The third-order valence-electron chi connectivity index (χ3n) is 1.96. The minimum absolute atomic E-state index is 0.522. The number of nitrogens with one attached hydrogen (secondary N) is 1. The molecule has 0 aliphatic rings. The van der Waals surface area contributed by atoms with E-state index >= 15 is 0 Å². The van der Waals surface area contributed by atoms with Gasteiger partial charge in [0.1, 0.15) is 0 Å². The molecule has 82 valence electrons. The van der Waals surface area contributed by atoms with Crippen LogP contribution in [0.4, 0.5) is 5.95 Å². The number of aromatic nitrogens is 2. The Bertz CT molecular complexity index is 471. The van der Waals surface area contributed by atoms with Gasteiger partial charge in [-0.05, 0) is 17.7 Å². The number of nitrogens with zero attached hydrogens (tertiary/aromatic N) is 2. The monoisotopic (exact) mass is 253 g/mol. The van der Waals surface area contributed by atoms with E-state index in [1.54, 1.807) is 12.4 Å². The number of hydrogen-bond acceptors (Lipinski definition) is 3. The van der Waals surface area contributed by atoms with Crippen molar-refractivity contribution >= 4 is 29.2 Å². The molecule has 0 aliphatic carbocycles. The van der Waals surface area contributed by atoms with Crippen molar-refractivity contribution in [2.45, 2.75) is 6.54 Å². The highest BCUT2D eigenvalue weighted by Gasteiger charge is 1.97. The van der Waals surface area contributed by atoms with E-state index in [1.807, 2.05) is 24.3 Å².